The van der Waals surface area contributed by atoms with Gasteiger partial charge < -0.3 is 9.73 Å². The van der Waals surface area contributed by atoms with Gasteiger partial charge in [0, 0.05) is 31.2 Å². The maximum Gasteiger partial charge on any atom is 0.118 e. The predicted octanol–water partition coefficient (Wildman–Crippen LogP) is 3.07. The van der Waals surface area contributed by atoms with Crippen molar-refractivity contribution >= 4 is 0 Å². The van der Waals surface area contributed by atoms with Crippen LogP contribution in [0.2, 0.25) is 0 Å². The predicted molar refractivity (Wildman–Crippen MR) is 79.4 cm³/mol. The number of hydrogen-bond donors (Lipinski definition) is 1. The first-order valence-electron chi connectivity index (χ1n) is 8.32. The van der Waals surface area contributed by atoms with E-state index in [1.807, 2.05) is 0 Å². The zero-order valence-corrected chi connectivity index (χ0v) is 12.5. The number of likely N-dealkylation sites (tertiary alicyclic amines) is 1. The fraction of sp³-hybridized carbons (Fsp3) is 0.765. The molecule has 110 valence electrons. The zero-order valence-electron chi connectivity index (χ0n) is 12.5. The van der Waals surface area contributed by atoms with Gasteiger partial charge in [-0.3, -0.25) is 4.90 Å². The summed E-state index contributed by atoms with van der Waals surface area (Å²) >= 11 is 0. The van der Waals surface area contributed by atoms with E-state index in [1.165, 1.54) is 50.8 Å². The Morgan fingerprint density at radius 2 is 1.95 bits per heavy atom. The van der Waals surface area contributed by atoms with Crippen LogP contribution < -0.4 is 5.32 Å². The second-order valence-electron chi connectivity index (χ2n) is 7.09. The molecule has 2 heterocycles. The second-order valence-corrected chi connectivity index (χ2v) is 7.09. The van der Waals surface area contributed by atoms with Crippen LogP contribution in [0.3, 0.4) is 0 Å². The van der Waals surface area contributed by atoms with Gasteiger partial charge in [0.25, 0.3) is 0 Å². The van der Waals surface area contributed by atoms with Gasteiger partial charge in [-0.15, -0.1) is 0 Å². The number of rotatable bonds is 5. The maximum atomic E-state index is 5.97. The topological polar surface area (TPSA) is 28.4 Å². The highest BCUT2D eigenvalue weighted by Gasteiger charge is 2.36. The lowest BCUT2D eigenvalue weighted by Gasteiger charge is -2.14. The molecule has 1 aromatic heterocycles. The maximum absolute atomic E-state index is 5.97. The molecule has 1 saturated heterocycles. The number of nitrogens with zero attached hydrogens (tertiary/aromatic N) is 1. The molecule has 3 aliphatic rings. The van der Waals surface area contributed by atoms with Crippen molar-refractivity contribution in [2.45, 2.75) is 58.2 Å². The van der Waals surface area contributed by atoms with Crippen molar-refractivity contribution < 1.29 is 4.42 Å². The van der Waals surface area contributed by atoms with Gasteiger partial charge in [0.2, 0.25) is 0 Å². The Bertz CT molecular complexity index is 465. The van der Waals surface area contributed by atoms with Crippen LogP contribution in [0.5, 0.6) is 0 Å². The Hall–Kier alpha value is -0.800. The van der Waals surface area contributed by atoms with Gasteiger partial charge in [-0.25, -0.2) is 0 Å². The Morgan fingerprint density at radius 1 is 1.20 bits per heavy atom. The Morgan fingerprint density at radius 3 is 2.65 bits per heavy atom. The highest BCUT2D eigenvalue weighted by atomic mass is 16.3. The number of aryl methyl sites for hydroxylation is 1. The molecule has 2 unspecified atom stereocenters. The number of nitrogens with one attached hydrogen (secondary N) is 1. The SMILES string of the molecule is Cc1oc(CN2CC3CCCC3C2)cc1CNC1CC1. The molecule has 0 amide bonds. The summed E-state index contributed by atoms with van der Waals surface area (Å²) in [5.41, 5.74) is 1.35. The number of hydrogen-bond acceptors (Lipinski definition) is 3. The van der Waals surface area contributed by atoms with E-state index in [-0.39, 0.29) is 0 Å². The minimum Gasteiger partial charge on any atom is -0.465 e. The lowest BCUT2D eigenvalue weighted by atomic mass is 10.0. The quantitative estimate of drug-likeness (QED) is 0.894. The van der Waals surface area contributed by atoms with Crippen LogP contribution in [0.15, 0.2) is 10.5 Å². The minimum absolute atomic E-state index is 0.769. The first kappa shape index (κ1) is 12.9. The van der Waals surface area contributed by atoms with Crippen LogP contribution in [0, 0.1) is 18.8 Å². The van der Waals surface area contributed by atoms with Crippen molar-refractivity contribution in [3.05, 3.63) is 23.2 Å². The fourth-order valence-electron chi connectivity index (χ4n) is 4.06. The van der Waals surface area contributed by atoms with Crippen molar-refractivity contribution in [3.8, 4) is 0 Å². The molecule has 2 saturated carbocycles. The molecule has 0 bridgehead atoms. The number of fused-ring (bicyclic) bond motifs is 1. The molecular formula is C17H26N2O. The average molecular weight is 274 g/mol. The van der Waals surface area contributed by atoms with Gasteiger partial charge in [0.05, 0.1) is 6.54 Å². The van der Waals surface area contributed by atoms with Crippen LogP contribution in [0.25, 0.3) is 0 Å². The molecular weight excluding hydrogens is 248 g/mol. The summed E-state index contributed by atoms with van der Waals surface area (Å²) in [6.45, 7) is 6.68. The highest BCUT2D eigenvalue weighted by molar-refractivity contribution is 5.21. The highest BCUT2D eigenvalue weighted by Crippen LogP contribution is 2.38. The monoisotopic (exact) mass is 274 g/mol. The normalized spacial score (nSPS) is 30.1. The Kier molecular flexibility index (Phi) is 3.35. The lowest BCUT2D eigenvalue weighted by molar-refractivity contribution is 0.274. The van der Waals surface area contributed by atoms with E-state index in [9.17, 15) is 0 Å². The van der Waals surface area contributed by atoms with Crippen molar-refractivity contribution in [1.29, 1.82) is 0 Å². The summed E-state index contributed by atoms with van der Waals surface area (Å²) in [6, 6.07) is 3.05. The first-order valence-corrected chi connectivity index (χ1v) is 8.32. The summed E-state index contributed by atoms with van der Waals surface area (Å²) in [5, 5.41) is 3.58. The molecule has 20 heavy (non-hydrogen) atoms. The Labute approximate surface area is 121 Å². The largest absolute Gasteiger partial charge is 0.465 e. The van der Waals surface area contributed by atoms with Crippen molar-refractivity contribution in [2.75, 3.05) is 13.1 Å². The average Bonchev–Trinajstić information content (AvgIpc) is 2.85. The van der Waals surface area contributed by atoms with Crippen LogP contribution in [-0.4, -0.2) is 24.0 Å². The molecule has 1 aromatic rings. The van der Waals surface area contributed by atoms with Gasteiger partial charge in [0.1, 0.15) is 11.5 Å². The van der Waals surface area contributed by atoms with Crippen LogP contribution in [0.1, 0.15) is 49.2 Å². The van der Waals surface area contributed by atoms with Crippen LogP contribution in [-0.2, 0) is 13.1 Å². The molecule has 4 rings (SSSR count). The van der Waals surface area contributed by atoms with E-state index >= 15 is 0 Å². The third kappa shape index (κ3) is 2.66. The number of furan rings is 1. The molecule has 3 heteroatoms. The molecule has 3 fully saturated rings. The third-order valence-corrected chi connectivity index (χ3v) is 5.41. The van der Waals surface area contributed by atoms with E-state index in [1.54, 1.807) is 0 Å². The second kappa shape index (κ2) is 5.19. The Balaban J connectivity index is 1.35. The summed E-state index contributed by atoms with van der Waals surface area (Å²) in [4.78, 5) is 2.60. The van der Waals surface area contributed by atoms with E-state index in [4.69, 9.17) is 4.42 Å². The van der Waals surface area contributed by atoms with Crippen LogP contribution >= 0.6 is 0 Å². The standard InChI is InChI=1S/C17H26N2O/c1-12-15(8-18-16-5-6-16)7-17(20-12)11-19-9-13-3-2-4-14(13)10-19/h7,13-14,16,18H,2-6,8-11H2,1H3. The van der Waals surface area contributed by atoms with Gasteiger partial charge in [-0.05, 0) is 50.5 Å². The fourth-order valence-corrected chi connectivity index (χ4v) is 4.06. The first-order chi connectivity index (χ1) is 9.78. The summed E-state index contributed by atoms with van der Waals surface area (Å²) in [6.07, 6.45) is 7.06. The molecule has 1 aliphatic heterocycles. The third-order valence-electron chi connectivity index (χ3n) is 5.41. The zero-order chi connectivity index (χ0) is 13.5. The van der Waals surface area contributed by atoms with Gasteiger partial charge in [0.15, 0.2) is 0 Å². The minimum atomic E-state index is 0.769. The molecule has 3 nitrogen and oxygen atoms in total. The molecule has 0 aromatic carbocycles. The summed E-state index contributed by atoms with van der Waals surface area (Å²) in [7, 11) is 0. The van der Waals surface area contributed by atoms with Crippen LogP contribution in [0.4, 0.5) is 0 Å². The summed E-state index contributed by atoms with van der Waals surface area (Å²) in [5.74, 6) is 4.21. The van der Waals surface area contributed by atoms with E-state index < -0.39 is 0 Å². The molecule has 1 N–H and O–H groups in total. The van der Waals surface area contributed by atoms with Gasteiger partial charge in [-0.1, -0.05) is 6.42 Å². The molecule has 0 radical (unpaired) electrons. The molecule has 0 spiro atoms. The van der Waals surface area contributed by atoms with E-state index in [0.29, 0.717) is 0 Å². The van der Waals surface area contributed by atoms with Crippen molar-refractivity contribution in [2.24, 2.45) is 11.8 Å². The van der Waals surface area contributed by atoms with E-state index in [2.05, 4.69) is 23.2 Å². The molecule has 2 aliphatic carbocycles. The smallest absolute Gasteiger partial charge is 0.118 e. The molecule has 2 atom stereocenters. The lowest BCUT2D eigenvalue weighted by Crippen LogP contribution is -2.20. The van der Waals surface area contributed by atoms with Gasteiger partial charge in [-0.2, -0.15) is 0 Å². The van der Waals surface area contributed by atoms with Crippen molar-refractivity contribution in [1.82, 2.24) is 10.2 Å². The summed E-state index contributed by atoms with van der Waals surface area (Å²) < 4.78 is 5.97. The van der Waals surface area contributed by atoms with Crippen molar-refractivity contribution in [3.63, 3.8) is 0 Å². The van der Waals surface area contributed by atoms with E-state index in [0.717, 1.165) is 42.5 Å². The van der Waals surface area contributed by atoms with Gasteiger partial charge >= 0.3 is 0 Å².